The van der Waals surface area contributed by atoms with Crippen LogP contribution in [0.2, 0.25) is 5.02 Å². The molecule has 0 unspecified atom stereocenters. The zero-order valence-electron chi connectivity index (χ0n) is 12.0. The van der Waals surface area contributed by atoms with E-state index in [2.05, 4.69) is 5.32 Å². The summed E-state index contributed by atoms with van der Waals surface area (Å²) < 4.78 is 0. The smallest absolute Gasteiger partial charge is 0.272 e. The largest absolute Gasteiger partial charge is 0.309 e. The van der Waals surface area contributed by atoms with Gasteiger partial charge in [-0.15, -0.1) is 0 Å². The second-order valence-corrected chi connectivity index (χ2v) is 5.41. The quantitative estimate of drug-likeness (QED) is 0.666. The maximum atomic E-state index is 10.9. The first-order valence-electron chi connectivity index (χ1n) is 6.67. The molecule has 4 nitrogen and oxygen atoms in total. The first kappa shape index (κ1) is 15.5. The SMILES string of the molecule is Cc1ccc(CNCc2cccc([N+](=O)[O-])c2C)cc1Cl. The van der Waals surface area contributed by atoms with E-state index in [4.69, 9.17) is 11.6 Å². The Labute approximate surface area is 128 Å². The number of halogens is 1. The molecular formula is C16H17ClN2O2. The van der Waals surface area contributed by atoms with Crippen molar-refractivity contribution < 1.29 is 4.92 Å². The summed E-state index contributed by atoms with van der Waals surface area (Å²) in [6.45, 7) is 4.99. The standard InChI is InChI=1S/C16H17ClN2O2/c1-11-6-7-13(8-15(11)17)9-18-10-14-4-3-5-16(12(14)2)19(20)21/h3-8,18H,9-10H2,1-2H3. The average molecular weight is 305 g/mol. The number of benzene rings is 2. The van der Waals surface area contributed by atoms with Crippen molar-refractivity contribution >= 4 is 17.3 Å². The normalized spacial score (nSPS) is 10.6. The van der Waals surface area contributed by atoms with E-state index in [1.165, 1.54) is 6.07 Å². The van der Waals surface area contributed by atoms with Gasteiger partial charge in [0.05, 0.1) is 4.92 Å². The molecule has 0 aromatic heterocycles. The second kappa shape index (κ2) is 6.70. The van der Waals surface area contributed by atoms with Crippen molar-refractivity contribution in [1.82, 2.24) is 5.32 Å². The number of nitro groups is 1. The van der Waals surface area contributed by atoms with Crippen LogP contribution in [0.5, 0.6) is 0 Å². The van der Waals surface area contributed by atoms with Gasteiger partial charge in [0.15, 0.2) is 0 Å². The zero-order valence-corrected chi connectivity index (χ0v) is 12.8. The van der Waals surface area contributed by atoms with E-state index in [1.807, 2.05) is 31.2 Å². The Hall–Kier alpha value is -1.91. The average Bonchev–Trinajstić information content (AvgIpc) is 2.44. The van der Waals surface area contributed by atoms with Crippen molar-refractivity contribution in [3.05, 3.63) is 73.8 Å². The summed E-state index contributed by atoms with van der Waals surface area (Å²) in [5.41, 5.74) is 3.94. The zero-order chi connectivity index (χ0) is 15.4. The Morgan fingerprint density at radius 3 is 2.62 bits per heavy atom. The van der Waals surface area contributed by atoms with Crippen molar-refractivity contribution in [1.29, 1.82) is 0 Å². The Morgan fingerprint density at radius 1 is 1.19 bits per heavy atom. The molecule has 0 aliphatic rings. The Morgan fingerprint density at radius 2 is 1.95 bits per heavy atom. The summed E-state index contributed by atoms with van der Waals surface area (Å²) >= 11 is 6.09. The molecule has 5 heteroatoms. The third-order valence-electron chi connectivity index (χ3n) is 3.49. The van der Waals surface area contributed by atoms with E-state index >= 15 is 0 Å². The minimum Gasteiger partial charge on any atom is -0.309 e. The van der Waals surface area contributed by atoms with Crippen molar-refractivity contribution in [2.45, 2.75) is 26.9 Å². The first-order chi connectivity index (χ1) is 9.99. The van der Waals surface area contributed by atoms with E-state index in [-0.39, 0.29) is 10.6 Å². The number of hydrogen-bond acceptors (Lipinski definition) is 3. The van der Waals surface area contributed by atoms with Gasteiger partial charge < -0.3 is 5.32 Å². The highest BCUT2D eigenvalue weighted by Gasteiger charge is 2.12. The van der Waals surface area contributed by atoms with E-state index in [0.29, 0.717) is 18.7 Å². The van der Waals surface area contributed by atoms with E-state index < -0.39 is 0 Å². The minimum absolute atomic E-state index is 0.160. The van der Waals surface area contributed by atoms with Gasteiger partial charge in [-0.3, -0.25) is 10.1 Å². The Balaban J connectivity index is 2.02. The lowest BCUT2D eigenvalue weighted by atomic mass is 10.1. The van der Waals surface area contributed by atoms with Crippen LogP contribution in [0.1, 0.15) is 22.3 Å². The molecule has 0 bridgehead atoms. The van der Waals surface area contributed by atoms with Crippen molar-refractivity contribution in [3.8, 4) is 0 Å². The molecule has 2 aromatic rings. The molecule has 1 N–H and O–H groups in total. The molecule has 0 aliphatic heterocycles. The van der Waals surface area contributed by atoms with Gasteiger partial charge in [0.1, 0.15) is 0 Å². The maximum Gasteiger partial charge on any atom is 0.272 e. The summed E-state index contributed by atoms with van der Waals surface area (Å²) in [5.74, 6) is 0. The number of nitrogens with zero attached hydrogens (tertiary/aromatic N) is 1. The summed E-state index contributed by atoms with van der Waals surface area (Å²) in [6.07, 6.45) is 0. The van der Waals surface area contributed by atoms with Gasteiger partial charge in [-0.25, -0.2) is 0 Å². The van der Waals surface area contributed by atoms with Crippen LogP contribution in [-0.2, 0) is 13.1 Å². The molecule has 0 radical (unpaired) electrons. The fourth-order valence-corrected chi connectivity index (χ4v) is 2.35. The molecule has 0 heterocycles. The molecule has 110 valence electrons. The fourth-order valence-electron chi connectivity index (χ4n) is 2.15. The predicted molar refractivity (Wildman–Crippen MR) is 84.6 cm³/mol. The third kappa shape index (κ3) is 3.80. The molecule has 21 heavy (non-hydrogen) atoms. The van der Waals surface area contributed by atoms with E-state index in [9.17, 15) is 10.1 Å². The monoisotopic (exact) mass is 304 g/mol. The van der Waals surface area contributed by atoms with Gasteiger partial charge in [0.25, 0.3) is 5.69 Å². The lowest BCUT2D eigenvalue weighted by molar-refractivity contribution is -0.385. The van der Waals surface area contributed by atoms with Crippen LogP contribution in [0.3, 0.4) is 0 Å². The number of nitro benzene ring substituents is 1. The molecule has 0 amide bonds. The molecule has 0 saturated carbocycles. The lowest BCUT2D eigenvalue weighted by Gasteiger charge is -2.09. The van der Waals surface area contributed by atoms with Gasteiger partial charge in [-0.05, 0) is 36.6 Å². The van der Waals surface area contributed by atoms with Gasteiger partial charge in [0, 0.05) is 29.7 Å². The number of hydrogen-bond donors (Lipinski definition) is 1. The molecule has 2 aromatic carbocycles. The highest BCUT2D eigenvalue weighted by molar-refractivity contribution is 6.31. The third-order valence-corrected chi connectivity index (χ3v) is 3.90. The number of aryl methyl sites for hydroxylation is 1. The Kier molecular flexibility index (Phi) is 4.94. The molecule has 0 saturated heterocycles. The molecular weight excluding hydrogens is 288 g/mol. The van der Waals surface area contributed by atoms with Crippen molar-refractivity contribution in [2.24, 2.45) is 0 Å². The maximum absolute atomic E-state index is 10.9. The predicted octanol–water partition coefficient (Wildman–Crippen LogP) is 4.15. The van der Waals surface area contributed by atoms with Gasteiger partial charge in [0.2, 0.25) is 0 Å². The van der Waals surface area contributed by atoms with Gasteiger partial charge in [-0.2, -0.15) is 0 Å². The highest BCUT2D eigenvalue weighted by atomic mass is 35.5. The number of nitrogens with one attached hydrogen (secondary N) is 1. The fraction of sp³-hybridized carbons (Fsp3) is 0.250. The molecule has 0 spiro atoms. The van der Waals surface area contributed by atoms with Crippen LogP contribution >= 0.6 is 11.6 Å². The van der Waals surface area contributed by atoms with Crippen LogP contribution in [-0.4, -0.2) is 4.92 Å². The highest BCUT2D eigenvalue weighted by Crippen LogP contribution is 2.21. The van der Waals surface area contributed by atoms with Crippen molar-refractivity contribution in [3.63, 3.8) is 0 Å². The van der Waals surface area contributed by atoms with Crippen LogP contribution in [0.25, 0.3) is 0 Å². The van der Waals surface area contributed by atoms with E-state index in [1.54, 1.807) is 13.0 Å². The molecule has 2 rings (SSSR count). The van der Waals surface area contributed by atoms with Gasteiger partial charge in [-0.1, -0.05) is 35.9 Å². The minimum atomic E-state index is -0.349. The van der Waals surface area contributed by atoms with Crippen LogP contribution in [0.4, 0.5) is 5.69 Å². The molecule has 0 atom stereocenters. The summed E-state index contributed by atoms with van der Waals surface area (Å²) in [5, 5.41) is 15.0. The topological polar surface area (TPSA) is 55.2 Å². The summed E-state index contributed by atoms with van der Waals surface area (Å²) in [6, 6.07) is 11.1. The molecule has 0 fully saturated rings. The lowest BCUT2D eigenvalue weighted by Crippen LogP contribution is -2.14. The van der Waals surface area contributed by atoms with Crippen LogP contribution < -0.4 is 5.32 Å². The van der Waals surface area contributed by atoms with Gasteiger partial charge >= 0.3 is 0 Å². The second-order valence-electron chi connectivity index (χ2n) is 5.01. The van der Waals surface area contributed by atoms with Crippen molar-refractivity contribution in [2.75, 3.05) is 0 Å². The molecule has 0 aliphatic carbocycles. The Bertz CT molecular complexity index is 671. The van der Waals surface area contributed by atoms with Crippen LogP contribution in [0, 0.1) is 24.0 Å². The van der Waals surface area contributed by atoms with Crippen LogP contribution in [0.15, 0.2) is 36.4 Å². The number of rotatable bonds is 5. The van der Waals surface area contributed by atoms with E-state index in [0.717, 1.165) is 21.7 Å². The summed E-state index contributed by atoms with van der Waals surface area (Å²) in [4.78, 5) is 10.6. The first-order valence-corrected chi connectivity index (χ1v) is 7.05. The summed E-state index contributed by atoms with van der Waals surface area (Å²) in [7, 11) is 0.